The summed E-state index contributed by atoms with van der Waals surface area (Å²) >= 11 is 0. The zero-order chi connectivity index (χ0) is 15.7. The van der Waals surface area contributed by atoms with Crippen molar-refractivity contribution < 1.29 is 14.3 Å². The van der Waals surface area contributed by atoms with Crippen LogP contribution in [0.5, 0.6) is 0 Å². The summed E-state index contributed by atoms with van der Waals surface area (Å²) in [7, 11) is 0. The largest absolute Gasteiger partial charge is 0.459 e. The first kappa shape index (κ1) is 15.5. The molecule has 0 heterocycles. The van der Waals surface area contributed by atoms with E-state index in [9.17, 15) is 9.59 Å². The van der Waals surface area contributed by atoms with Crippen LogP contribution in [0.2, 0.25) is 0 Å². The van der Waals surface area contributed by atoms with Crippen LogP contribution in [0.15, 0.2) is 36.4 Å². The average Bonchev–Trinajstić information content (AvgIpc) is 3.11. The lowest BCUT2D eigenvalue weighted by Crippen LogP contribution is -2.34. The summed E-state index contributed by atoms with van der Waals surface area (Å²) in [5.41, 5.74) is -0.486. The number of esters is 1. The summed E-state index contributed by atoms with van der Waals surface area (Å²) in [6.45, 7) is 6.92. The smallest absolute Gasteiger partial charge is 0.320 e. The quantitative estimate of drug-likeness (QED) is 0.627. The molecule has 0 saturated heterocycles. The fourth-order valence-corrected chi connectivity index (χ4v) is 2.46. The molecule has 0 amide bonds. The summed E-state index contributed by atoms with van der Waals surface area (Å²) in [6.07, 6.45) is 4.45. The summed E-state index contributed by atoms with van der Waals surface area (Å²) in [6, 6.07) is 9.84. The highest BCUT2D eigenvalue weighted by Gasteiger charge is 2.64. The molecule has 3 nitrogen and oxygen atoms in total. The number of Topliss-reactive ketones (excluding diaryl/α,β-unsaturated/α-hetero) is 1. The molecule has 0 N–H and O–H groups in total. The van der Waals surface area contributed by atoms with Gasteiger partial charge >= 0.3 is 5.97 Å². The van der Waals surface area contributed by atoms with E-state index in [1.807, 2.05) is 63.3 Å². The molecule has 3 heteroatoms. The first-order chi connectivity index (χ1) is 9.75. The Morgan fingerprint density at radius 3 is 2.38 bits per heavy atom. The third-order valence-corrected chi connectivity index (χ3v) is 3.73. The van der Waals surface area contributed by atoms with E-state index in [1.54, 1.807) is 0 Å². The Labute approximate surface area is 126 Å². The number of hydrogen-bond donors (Lipinski definition) is 0. The fourth-order valence-electron chi connectivity index (χ4n) is 2.46. The van der Waals surface area contributed by atoms with Gasteiger partial charge in [0.2, 0.25) is 0 Å². The molecule has 21 heavy (non-hydrogen) atoms. The molecule has 0 radical (unpaired) electrons. The molecular weight excluding hydrogens is 264 g/mol. The van der Waals surface area contributed by atoms with Gasteiger partial charge in [-0.3, -0.25) is 9.59 Å². The van der Waals surface area contributed by atoms with Crippen molar-refractivity contribution in [2.75, 3.05) is 0 Å². The fraction of sp³-hybridized carbons (Fsp3) is 0.444. The van der Waals surface area contributed by atoms with Crippen molar-refractivity contribution >= 4 is 17.8 Å². The summed E-state index contributed by atoms with van der Waals surface area (Å²) in [5.74, 6) is -0.574. The van der Waals surface area contributed by atoms with Gasteiger partial charge in [-0.15, -0.1) is 0 Å². The van der Waals surface area contributed by atoms with E-state index in [0.29, 0.717) is 6.42 Å². The number of ketones is 1. The van der Waals surface area contributed by atoms with Crippen molar-refractivity contribution in [1.29, 1.82) is 0 Å². The van der Waals surface area contributed by atoms with Gasteiger partial charge in [0.15, 0.2) is 0 Å². The molecular formula is C18H22O3. The van der Waals surface area contributed by atoms with Crippen molar-refractivity contribution in [3.8, 4) is 0 Å². The van der Waals surface area contributed by atoms with E-state index < -0.39 is 17.0 Å². The van der Waals surface area contributed by atoms with Crippen molar-refractivity contribution in [1.82, 2.24) is 0 Å². The number of ether oxygens (including phenoxy) is 1. The van der Waals surface area contributed by atoms with E-state index in [0.717, 1.165) is 5.56 Å². The lowest BCUT2D eigenvalue weighted by atomic mass is 9.98. The molecule has 0 aromatic heterocycles. The van der Waals surface area contributed by atoms with Crippen LogP contribution in [0.25, 0.3) is 6.08 Å². The Bertz CT molecular complexity index is 566. The predicted octanol–water partition coefficient (Wildman–Crippen LogP) is 3.64. The monoisotopic (exact) mass is 286 g/mol. The van der Waals surface area contributed by atoms with Gasteiger partial charge in [-0.1, -0.05) is 42.5 Å². The van der Waals surface area contributed by atoms with E-state index in [1.165, 1.54) is 6.92 Å². The molecule has 112 valence electrons. The number of carbonyl (C=O) groups excluding carboxylic acids is 2. The lowest BCUT2D eigenvalue weighted by Gasteiger charge is -2.23. The van der Waals surface area contributed by atoms with Gasteiger partial charge in [-0.25, -0.2) is 0 Å². The Morgan fingerprint density at radius 2 is 1.86 bits per heavy atom. The van der Waals surface area contributed by atoms with Crippen LogP contribution in [0.3, 0.4) is 0 Å². The number of rotatable bonds is 4. The highest BCUT2D eigenvalue weighted by molar-refractivity contribution is 6.07. The van der Waals surface area contributed by atoms with Gasteiger partial charge in [-0.2, -0.15) is 0 Å². The van der Waals surface area contributed by atoms with Crippen LogP contribution < -0.4 is 0 Å². The van der Waals surface area contributed by atoms with Gasteiger partial charge in [0.05, 0.1) is 0 Å². The lowest BCUT2D eigenvalue weighted by molar-refractivity contribution is -0.164. The standard InChI is InChI=1S/C18H22O3/c1-13(19)18(16(20)21-17(2,3)4)12-15(18)11-10-14-8-6-5-7-9-14/h5-11,15H,12H2,1-4H3/b11-10+/t15-,18+/m1/s1. The van der Waals surface area contributed by atoms with Crippen LogP contribution in [0, 0.1) is 11.3 Å². The minimum Gasteiger partial charge on any atom is -0.459 e. The van der Waals surface area contributed by atoms with Crippen LogP contribution in [0.1, 0.15) is 39.7 Å². The second kappa shape index (κ2) is 5.47. The molecule has 1 fully saturated rings. The molecule has 1 aromatic carbocycles. The van der Waals surface area contributed by atoms with Gasteiger partial charge in [-0.05, 0) is 39.7 Å². The molecule has 0 unspecified atom stereocenters. The highest BCUT2D eigenvalue weighted by atomic mass is 16.6. The maximum Gasteiger partial charge on any atom is 0.320 e. The zero-order valence-electron chi connectivity index (χ0n) is 13.1. The van der Waals surface area contributed by atoms with E-state index in [2.05, 4.69) is 0 Å². The molecule has 0 bridgehead atoms. The van der Waals surface area contributed by atoms with Crippen molar-refractivity contribution in [3.63, 3.8) is 0 Å². The minimum absolute atomic E-state index is 0.0648. The van der Waals surface area contributed by atoms with E-state index in [4.69, 9.17) is 4.74 Å². The second-order valence-electron chi connectivity index (χ2n) is 6.61. The van der Waals surface area contributed by atoms with Crippen LogP contribution in [0.4, 0.5) is 0 Å². The average molecular weight is 286 g/mol. The predicted molar refractivity (Wildman–Crippen MR) is 82.5 cm³/mol. The first-order valence-corrected chi connectivity index (χ1v) is 7.23. The third kappa shape index (κ3) is 3.41. The zero-order valence-corrected chi connectivity index (χ0v) is 13.1. The molecule has 1 aliphatic carbocycles. The molecule has 0 spiro atoms. The minimum atomic E-state index is -0.974. The van der Waals surface area contributed by atoms with Gasteiger partial charge in [0.25, 0.3) is 0 Å². The van der Waals surface area contributed by atoms with Crippen molar-refractivity contribution in [2.45, 2.75) is 39.7 Å². The van der Waals surface area contributed by atoms with E-state index in [-0.39, 0.29) is 11.7 Å². The second-order valence-corrected chi connectivity index (χ2v) is 6.61. The van der Waals surface area contributed by atoms with Crippen molar-refractivity contribution in [2.24, 2.45) is 11.3 Å². The molecule has 1 aromatic rings. The number of carbonyl (C=O) groups is 2. The first-order valence-electron chi connectivity index (χ1n) is 7.23. The number of hydrogen-bond acceptors (Lipinski definition) is 3. The highest BCUT2D eigenvalue weighted by Crippen LogP contribution is 2.55. The van der Waals surface area contributed by atoms with Crippen molar-refractivity contribution in [3.05, 3.63) is 42.0 Å². The van der Waals surface area contributed by atoms with Gasteiger partial charge < -0.3 is 4.74 Å². The van der Waals surface area contributed by atoms with Gasteiger partial charge in [0, 0.05) is 5.92 Å². The Hall–Kier alpha value is -1.90. The van der Waals surface area contributed by atoms with Crippen LogP contribution in [-0.4, -0.2) is 17.4 Å². The Morgan fingerprint density at radius 1 is 1.24 bits per heavy atom. The van der Waals surface area contributed by atoms with Gasteiger partial charge in [0.1, 0.15) is 16.8 Å². The maximum atomic E-state index is 12.3. The summed E-state index contributed by atoms with van der Waals surface area (Å²) < 4.78 is 5.41. The third-order valence-electron chi connectivity index (χ3n) is 3.73. The topological polar surface area (TPSA) is 43.4 Å². The van der Waals surface area contributed by atoms with E-state index >= 15 is 0 Å². The van der Waals surface area contributed by atoms with Crippen LogP contribution in [-0.2, 0) is 14.3 Å². The summed E-state index contributed by atoms with van der Waals surface area (Å²) in [4.78, 5) is 24.3. The Balaban J connectivity index is 2.12. The number of benzene rings is 1. The maximum absolute atomic E-state index is 12.3. The Kier molecular flexibility index (Phi) is 4.04. The molecule has 2 rings (SSSR count). The molecule has 1 aliphatic rings. The normalized spacial score (nSPS) is 24.9. The molecule has 2 atom stereocenters. The SMILES string of the molecule is CC(=O)[C@@]1(C(=O)OC(C)(C)C)C[C@H]1/C=C/c1ccccc1. The summed E-state index contributed by atoms with van der Waals surface area (Å²) in [5, 5.41) is 0. The molecule has 1 saturated carbocycles. The number of allylic oxidation sites excluding steroid dienone is 1. The van der Waals surface area contributed by atoms with Crippen LogP contribution >= 0.6 is 0 Å². The molecule has 0 aliphatic heterocycles.